The summed E-state index contributed by atoms with van der Waals surface area (Å²) in [5.74, 6) is -1.04. The van der Waals surface area contributed by atoms with Crippen molar-refractivity contribution in [1.82, 2.24) is 14.9 Å². The van der Waals surface area contributed by atoms with Gasteiger partial charge >= 0.3 is 12.1 Å². The number of carbonyl (C=O) groups is 1. The average Bonchev–Trinajstić information content (AvgIpc) is 2.96. The van der Waals surface area contributed by atoms with E-state index in [-0.39, 0.29) is 13.1 Å². The Labute approximate surface area is 134 Å². The highest BCUT2D eigenvalue weighted by Crippen LogP contribution is 2.31. The van der Waals surface area contributed by atoms with Gasteiger partial charge in [-0.1, -0.05) is 6.92 Å². The molecule has 0 atom stereocenters. The fourth-order valence-electron chi connectivity index (χ4n) is 2.62. The summed E-state index contributed by atoms with van der Waals surface area (Å²) in [5, 5.41) is 0.921. The molecule has 0 unspecified atom stereocenters. The van der Waals surface area contributed by atoms with Crippen LogP contribution in [0.4, 0.5) is 19.0 Å². The van der Waals surface area contributed by atoms with Crippen LogP contribution in [-0.2, 0) is 11.2 Å². The molecule has 0 radical (unpaired) electrons. The number of hydrogen-bond donors (Lipinski definition) is 0. The SMILES string of the molecule is CCc1cc2c(N3CCN(C(=O)C(F)(F)F)CC3)ncnc2s1. The second-order valence-corrected chi connectivity index (χ2v) is 6.37. The van der Waals surface area contributed by atoms with Crippen molar-refractivity contribution in [1.29, 1.82) is 0 Å². The smallest absolute Gasteiger partial charge is 0.352 e. The molecule has 0 spiro atoms. The van der Waals surface area contributed by atoms with Crippen LogP contribution in [0, 0.1) is 0 Å². The van der Waals surface area contributed by atoms with Gasteiger partial charge in [-0.25, -0.2) is 9.97 Å². The van der Waals surface area contributed by atoms with E-state index in [4.69, 9.17) is 0 Å². The quantitative estimate of drug-likeness (QED) is 0.840. The molecule has 1 saturated heterocycles. The number of fused-ring (bicyclic) bond motifs is 1. The minimum atomic E-state index is -4.81. The molecule has 0 bridgehead atoms. The summed E-state index contributed by atoms with van der Waals surface area (Å²) < 4.78 is 37.4. The van der Waals surface area contributed by atoms with Crippen molar-refractivity contribution in [2.75, 3.05) is 31.1 Å². The second kappa shape index (κ2) is 5.95. The number of piperazine rings is 1. The van der Waals surface area contributed by atoms with Crippen LogP contribution in [0.3, 0.4) is 0 Å². The molecule has 1 aliphatic rings. The van der Waals surface area contributed by atoms with Crippen molar-refractivity contribution in [3.8, 4) is 0 Å². The first-order chi connectivity index (χ1) is 10.9. The van der Waals surface area contributed by atoms with Gasteiger partial charge in [0.1, 0.15) is 17.0 Å². The maximum atomic E-state index is 12.5. The van der Waals surface area contributed by atoms with Gasteiger partial charge in [-0.05, 0) is 12.5 Å². The lowest BCUT2D eigenvalue weighted by molar-refractivity contribution is -0.185. The minimum Gasteiger partial charge on any atom is -0.352 e. The average molecular weight is 344 g/mol. The lowest BCUT2D eigenvalue weighted by Crippen LogP contribution is -2.52. The van der Waals surface area contributed by atoms with Crippen molar-refractivity contribution in [3.05, 3.63) is 17.3 Å². The lowest BCUT2D eigenvalue weighted by atomic mass is 10.2. The molecular formula is C14H15F3N4OS. The van der Waals surface area contributed by atoms with Crippen LogP contribution in [0.1, 0.15) is 11.8 Å². The Morgan fingerprint density at radius 2 is 1.96 bits per heavy atom. The molecule has 0 aromatic carbocycles. The Balaban J connectivity index is 1.78. The zero-order valence-electron chi connectivity index (χ0n) is 12.4. The predicted molar refractivity (Wildman–Crippen MR) is 81.6 cm³/mol. The number of alkyl halides is 3. The van der Waals surface area contributed by atoms with Crippen LogP contribution in [0.2, 0.25) is 0 Å². The van der Waals surface area contributed by atoms with E-state index in [0.29, 0.717) is 13.1 Å². The zero-order chi connectivity index (χ0) is 16.6. The van der Waals surface area contributed by atoms with Crippen molar-refractivity contribution in [2.45, 2.75) is 19.5 Å². The van der Waals surface area contributed by atoms with Gasteiger partial charge in [0.05, 0.1) is 5.39 Å². The predicted octanol–water partition coefficient (Wildman–Crippen LogP) is 2.46. The van der Waals surface area contributed by atoms with Crippen LogP contribution in [0.5, 0.6) is 0 Å². The molecule has 3 heterocycles. The van der Waals surface area contributed by atoms with E-state index < -0.39 is 12.1 Å². The number of halogens is 3. The van der Waals surface area contributed by atoms with Crippen LogP contribution in [0.25, 0.3) is 10.2 Å². The number of rotatable bonds is 2. The Bertz CT molecular complexity index is 722. The maximum absolute atomic E-state index is 12.5. The molecule has 23 heavy (non-hydrogen) atoms. The molecule has 0 saturated carbocycles. The second-order valence-electron chi connectivity index (χ2n) is 5.26. The van der Waals surface area contributed by atoms with E-state index in [1.54, 1.807) is 11.3 Å². The van der Waals surface area contributed by atoms with Crippen molar-refractivity contribution >= 4 is 33.3 Å². The van der Waals surface area contributed by atoms with E-state index in [2.05, 4.69) is 16.9 Å². The summed E-state index contributed by atoms with van der Waals surface area (Å²) in [6.45, 7) is 2.78. The summed E-state index contributed by atoms with van der Waals surface area (Å²) in [4.78, 5) is 24.6. The fraction of sp³-hybridized carbons (Fsp3) is 0.500. The molecule has 1 aliphatic heterocycles. The van der Waals surface area contributed by atoms with E-state index in [9.17, 15) is 18.0 Å². The van der Waals surface area contributed by atoms with E-state index in [1.807, 2.05) is 11.0 Å². The topological polar surface area (TPSA) is 49.3 Å². The summed E-state index contributed by atoms with van der Waals surface area (Å²) >= 11 is 1.59. The molecule has 9 heteroatoms. The summed E-state index contributed by atoms with van der Waals surface area (Å²) in [6.07, 6.45) is -2.44. The summed E-state index contributed by atoms with van der Waals surface area (Å²) in [7, 11) is 0. The first-order valence-electron chi connectivity index (χ1n) is 7.24. The number of amides is 1. The highest BCUT2D eigenvalue weighted by molar-refractivity contribution is 7.18. The number of nitrogens with zero attached hydrogens (tertiary/aromatic N) is 4. The third kappa shape index (κ3) is 3.10. The third-order valence-corrected chi connectivity index (χ3v) is 5.00. The number of hydrogen-bond acceptors (Lipinski definition) is 5. The number of thiophene rings is 1. The molecule has 124 valence electrons. The summed E-state index contributed by atoms with van der Waals surface area (Å²) in [5.41, 5.74) is 0. The third-order valence-electron chi connectivity index (χ3n) is 3.82. The van der Waals surface area contributed by atoms with Crippen LogP contribution >= 0.6 is 11.3 Å². The van der Waals surface area contributed by atoms with Crippen LogP contribution < -0.4 is 4.90 Å². The van der Waals surface area contributed by atoms with Gasteiger partial charge in [0, 0.05) is 31.1 Å². The zero-order valence-corrected chi connectivity index (χ0v) is 13.2. The largest absolute Gasteiger partial charge is 0.471 e. The molecule has 0 N–H and O–H groups in total. The minimum absolute atomic E-state index is 0.0363. The Kier molecular flexibility index (Phi) is 4.13. The number of anilines is 1. The molecular weight excluding hydrogens is 329 g/mol. The highest BCUT2D eigenvalue weighted by Gasteiger charge is 2.43. The van der Waals surface area contributed by atoms with Gasteiger partial charge in [0.25, 0.3) is 0 Å². The maximum Gasteiger partial charge on any atom is 0.471 e. The first kappa shape index (κ1) is 16.0. The normalized spacial score (nSPS) is 16.2. The highest BCUT2D eigenvalue weighted by atomic mass is 32.1. The van der Waals surface area contributed by atoms with Gasteiger partial charge in [-0.3, -0.25) is 4.79 Å². The molecule has 5 nitrogen and oxygen atoms in total. The van der Waals surface area contributed by atoms with E-state index in [0.717, 1.165) is 27.4 Å². The molecule has 2 aromatic rings. The van der Waals surface area contributed by atoms with E-state index in [1.165, 1.54) is 11.2 Å². The van der Waals surface area contributed by atoms with E-state index >= 15 is 0 Å². The molecule has 2 aromatic heterocycles. The van der Waals surface area contributed by atoms with Crippen LogP contribution in [0.15, 0.2) is 12.4 Å². The van der Waals surface area contributed by atoms with Crippen molar-refractivity contribution in [2.24, 2.45) is 0 Å². The fourth-order valence-corrected chi connectivity index (χ4v) is 3.55. The number of carbonyl (C=O) groups excluding carboxylic acids is 1. The molecule has 0 aliphatic carbocycles. The van der Waals surface area contributed by atoms with Gasteiger partial charge < -0.3 is 9.80 Å². The lowest BCUT2D eigenvalue weighted by Gasteiger charge is -2.35. The molecule has 1 amide bonds. The van der Waals surface area contributed by atoms with Crippen LogP contribution in [-0.4, -0.2) is 53.1 Å². The Hall–Kier alpha value is -1.90. The van der Waals surface area contributed by atoms with Gasteiger partial charge in [0.15, 0.2) is 0 Å². The van der Waals surface area contributed by atoms with Crippen molar-refractivity contribution in [3.63, 3.8) is 0 Å². The molecule has 3 rings (SSSR count). The Morgan fingerprint density at radius 1 is 1.26 bits per heavy atom. The number of aromatic nitrogens is 2. The first-order valence-corrected chi connectivity index (χ1v) is 8.06. The monoisotopic (exact) mass is 344 g/mol. The summed E-state index contributed by atoms with van der Waals surface area (Å²) in [6, 6.07) is 2.03. The standard InChI is InChI=1S/C14H15F3N4OS/c1-2-9-7-10-11(18-8-19-12(10)23-9)20-3-5-21(6-4-20)13(22)14(15,16)17/h7-8H,2-6H2,1H3. The van der Waals surface area contributed by atoms with Gasteiger partial charge in [-0.15, -0.1) is 11.3 Å². The van der Waals surface area contributed by atoms with Crippen molar-refractivity contribution < 1.29 is 18.0 Å². The molecule has 1 fully saturated rings. The number of aryl methyl sites for hydroxylation is 1. The Morgan fingerprint density at radius 3 is 2.57 bits per heavy atom. The van der Waals surface area contributed by atoms with Gasteiger partial charge in [0.2, 0.25) is 0 Å². The van der Waals surface area contributed by atoms with Gasteiger partial charge in [-0.2, -0.15) is 13.2 Å².